The highest BCUT2D eigenvalue weighted by Crippen LogP contribution is 2.17. The van der Waals surface area contributed by atoms with Crippen molar-refractivity contribution in [3.05, 3.63) is 0 Å². The van der Waals surface area contributed by atoms with E-state index in [-0.39, 0.29) is 0 Å². The Morgan fingerprint density at radius 1 is 1.39 bits per heavy atom. The van der Waals surface area contributed by atoms with E-state index in [0.29, 0.717) is 25.4 Å². The fourth-order valence-corrected chi connectivity index (χ4v) is 2.22. The fourth-order valence-electron chi connectivity index (χ4n) is 2.22. The van der Waals surface area contributed by atoms with Crippen LogP contribution in [0.15, 0.2) is 0 Å². The van der Waals surface area contributed by atoms with Crippen molar-refractivity contribution < 1.29 is 14.2 Å². The molecule has 1 saturated heterocycles. The summed E-state index contributed by atoms with van der Waals surface area (Å²) in [4.78, 5) is 0. The Morgan fingerprint density at radius 2 is 2.28 bits per heavy atom. The van der Waals surface area contributed by atoms with E-state index in [0.717, 1.165) is 39.0 Å². The first kappa shape index (κ1) is 15.9. The summed E-state index contributed by atoms with van der Waals surface area (Å²) in [6.45, 7) is 6.32. The molecule has 108 valence electrons. The molecular weight excluding hydrogens is 230 g/mol. The van der Waals surface area contributed by atoms with Gasteiger partial charge >= 0.3 is 0 Å². The third-order valence-corrected chi connectivity index (χ3v) is 3.29. The number of rotatable bonds is 11. The van der Waals surface area contributed by atoms with Crippen LogP contribution in [0, 0.1) is 0 Å². The quantitative estimate of drug-likeness (QED) is 0.576. The minimum absolute atomic E-state index is 0.450. The number of methoxy groups -OCH3 is 1. The molecule has 0 aliphatic carbocycles. The second-order valence-electron chi connectivity index (χ2n) is 4.93. The Kier molecular flexibility index (Phi) is 9.48. The van der Waals surface area contributed by atoms with E-state index in [1.165, 1.54) is 12.8 Å². The van der Waals surface area contributed by atoms with E-state index >= 15 is 0 Å². The summed E-state index contributed by atoms with van der Waals surface area (Å²) in [6, 6.07) is 0.450. The van der Waals surface area contributed by atoms with Crippen LogP contribution in [0.2, 0.25) is 0 Å². The van der Waals surface area contributed by atoms with Gasteiger partial charge in [-0.1, -0.05) is 6.92 Å². The van der Waals surface area contributed by atoms with Crippen LogP contribution in [0.5, 0.6) is 0 Å². The molecule has 0 amide bonds. The lowest BCUT2D eigenvalue weighted by Gasteiger charge is -2.20. The second kappa shape index (κ2) is 10.7. The first-order valence-electron chi connectivity index (χ1n) is 7.28. The van der Waals surface area contributed by atoms with Gasteiger partial charge in [0, 0.05) is 19.8 Å². The van der Waals surface area contributed by atoms with Crippen LogP contribution in [-0.4, -0.2) is 52.2 Å². The average molecular weight is 259 g/mol. The van der Waals surface area contributed by atoms with Gasteiger partial charge < -0.3 is 19.5 Å². The monoisotopic (exact) mass is 259 g/mol. The maximum Gasteiger partial charge on any atom is 0.0701 e. The lowest BCUT2D eigenvalue weighted by atomic mass is 10.1. The smallest absolute Gasteiger partial charge is 0.0701 e. The van der Waals surface area contributed by atoms with Crippen LogP contribution in [0.3, 0.4) is 0 Å². The van der Waals surface area contributed by atoms with Crippen LogP contribution >= 0.6 is 0 Å². The highest BCUT2D eigenvalue weighted by atomic mass is 16.5. The molecule has 18 heavy (non-hydrogen) atoms. The molecule has 1 N–H and O–H groups in total. The van der Waals surface area contributed by atoms with Crippen LogP contribution in [-0.2, 0) is 14.2 Å². The molecule has 0 bridgehead atoms. The van der Waals surface area contributed by atoms with Gasteiger partial charge in [0.05, 0.1) is 25.9 Å². The summed E-state index contributed by atoms with van der Waals surface area (Å²) in [6.07, 6.45) is 6.38. The molecule has 2 unspecified atom stereocenters. The summed E-state index contributed by atoms with van der Waals surface area (Å²) in [5.74, 6) is 0. The predicted octanol–water partition coefficient (Wildman–Crippen LogP) is 1.98. The minimum atomic E-state index is 0.450. The molecule has 0 saturated carbocycles. The maximum atomic E-state index is 5.66. The van der Waals surface area contributed by atoms with Gasteiger partial charge in [-0.15, -0.1) is 0 Å². The molecule has 0 radical (unpaired) electrons. The highest BCUT2D eigenvalue weighted by Gasteiger charge is 2.17. The van der Waals surface area contributed by atoms with Crippen molar-refractivity contribution in [2.75, 3.05) is 40.1 Å². The summed E-state index contributed by atoms with van der Waals surface area (Å²) >= 11 is 0. The topological polar surface area (TPSA) is 39.7 Å². The van der Waals surface area contributed by atoms with E-state index in [1.54, 1.807) is 7.11 Å². The Balaban J connectivity index is 2.12. The predicted molar refractivity (Wildman–Crippen MR) is 73.0 cm³/mol. The van der Waals surface area contributed by atoms with Crippen molar-refractivity contribution in [2.24, 2.45) is 0 Å². The van der Waals surface area contributed by atoms with Crippen LogP contribution in [0.25, 0.3) is 0 Å². The molecule has 0 aromatic rings. The number of ether oxygens (including phenoxy) is 3. The standard InChI is InChI=1S/C14H29NO3/c1-3-8-15-13(12-17-11-10-16-2)6-7-14-5-4-9-18-14/h13-15H,3-12H2,1-2H3. The van der Waals surface area contributed by atoms with Crippen LogP contribution in [0.1, 0.15) is 39.0 Å². The average Bonchev–Trinajstić information content (AvgIpc) is 2.90. The summed E-state index contributed by atoms with van der Waals surface area (Å²) < 4.78 is 16.3. The van der Waals surface area contributed by atoms with E-state index in [2.05, 4.69) is 12.2 Å². The van der Waals surface area contributed by atoms with E-state index in [9.17, 15) is 0 Å². The van der Waals surface area contributed by atoms with E-state index < -0.39 is 0 Å². The van der Waals surface area contributed by atoms with Crippen LogP contribution < -0.4 is 5.32 Å². The number of hydrogen-bond donors (Lipinski definition) is 1. The van der Waals surface area contributed by atoms with Crippen molar-refractivity contribution in [3.8, 4) is 0 Å². The van der Waals surface area contributed by atoms with Crippen molar-refractivity contribution in [2.45, 2.75) is 51.2 Å². The molecule has 1 heterocycles. The molecular formula is C14H29NO3. The largest absolute Gasteiger partial charge is 0.382 e. The summed E-state index contributed by atoms with van der Waals surface area (Å²) in [5.41, 5.74) is 0. The van der Waals surface area contributed by atoms with Gasteiger partial charge in [0.1, 0.15) is 0 Å². The van der Waals surface area contributed by atoms with E-state index in [1.807, 2.05) is 0 Å². The molecule has 4 heteroatoms. The Hall–Kier alpha value is -0.160. The van der Waals surface area contributed by atoms with Gasteiger partial charge in [-0.2, -0.15) is 0 Å². The fraction of sp³-hybridized carbons (Fsp3) is 1.00. The molecule has 1 fully saturated rings. The van der Waals surface area contributed by atoms with Crippen molar-refractivity contribution >= 4 is 0 Å². The minimum Gasteiger partial charge on any atom is -0.382 e. The summed E-state index contributed by atoms with van der Waals surface area (Å²) in [7, 11) is 1.70. The molecule has 0 spiro atoms. The highest BCUT2D eigenvalue weighted by molar-refractivity contribution is 4.72. The molecule has 1 aliphatic rings. The van der Waals surface area contributed by atoms with Gasteiger partial charge in [0.15, 0.2) is 0 Å². The number of hydrogen-bond acceptors (Lipinski definition) is 4. The van der Waals surface area contributed by atoms with Gasteiger partial charge in [-0.25, -0.2) is 0 Å². The Bertz CT molecular complexity index is 184. The SMILES string of the molecule is CCCNC(CCC1CCCO1)COCCOC. The summed E-state index contributed by atoms with van der Waals surface area (Å²) in [5, 5.41) is 3.55. The normalized spacial score (nSPS) is 21.3. The number of nitrogens with one attached hydrogen (secondary N) is 1. The van der Waals surface area contributed by atoms with Crippen molar-refractivity contribution in [3.63, 3.8) is 0 Å². The Morgan fingerprint density at radius 3 is 2.94 bits per heavy atom. The second-order valence-corrected chi connectivity index (χ2v) is 4.93. The lowest BCUT2D eigenvalue weighted by molar-refractivity contribution is 0.0517. The molecule has 1 aliphatic heterocycles. The van der Waals surface area contributed by atoms with E-state index in [4.69, 9.17) is 14.2 Å². The maximum absolute atomic E-state index is 5.66. The molecule has 4 nitrogen and oxygen atoms in total. The van der Waals surface area contributed by atoms with Gasteiger partial charge in [-0.3, -0.25) is 0 Å². The first-order valence-corrected chi connectivity index (χ1v) is 7.28. The van der Waals surface area contributed by atoms with Crippen LogP contribution in [0.4, 0.5) is 0 Å². The third kappa shape index (κ3) is 7.31. The zero-order valence-corrected chi connectivity index (χ0v) is 12.0. The molecule has 0 aromatic heterocycles. The molecule has 0 aromatic carbocycles. The Labute approximate surface area is 111 Å². The molecule has 1 rings (SSSR count). The third-order valence-electron chi connectivity index (χ3n) is 3.29. The lowest BCUT2D eigenvalue weighted by Crippen LogP contribution is -2.35. The van der Waals surface area contributed by atoms with Crippen molar-refractivity contribution in [1.82, 2.24) is 5.32 Å². The molecule has 2 atom stereocenters. The zero-order chi connectivity index (χ0) is 13.1. The van der Waals surface area contributed by atoms with Crippen molar-refractivity contribution in [1.29, 1.82) is 0 Å². The zero-order valence-electron chi connectivity index (χ0n) is 12.0. The van der Waals surface area contributed by atoms with Gasteiger partial charge in [-0.05, 0) is 38.6 Å². The van der Waals surface area contributed by atoms with Gasteiger partial charge in [0.2, 0.25) is 0 Å². The first-order chi connectivity index (χ1) is 8.86. The van der Waals surface area contributed by atoms with Gasteiger partial charge in [0.25, 0.3) is 0 Å².